The van der Waals surface area contributed by atoms with Gasteiger partial charge in [0, 0.05) is 0 Å². The van der Waals surface area contributed by atoms with Gasteiger partial charge in [-0.2, -0.15) is 9.71 Å². The van der Waals surface area contributed by atoms with Crippen LogP contribution in [0.25, 0.3) is 11.2 Å². The number of carbonyl (C=O) groups is 2. The van der Waals surface area contributed by atoms with Gasteiger partial charge in [0.05, 0.1) is 12.7 Å². The Morgan fingerprint density at radius 3 is 2.69 bits per heavy atom. The Morgan fingerprint density at radius 2 is 2.09 bits per heavy atom. The van der Waals surface area contributed by atoms with Crippen molar-refractivity contribution in [2.75, 3.05) is 18.2 Å². The SMILES string of the molecule is CSc1nc(NC(=O)NC(C(=O)O)C(C)O)nc2ncn(O[C@H]3[C@@H](O)[C@H](O)O[C@@H]3CO)c12. The summed E-state index contributed by atoms with van der Waals surface area (Å²) in [6.45, 7) is 0.705. The van der Waals surface area contributed by atoms with Gasteiger partial charge >= 0.3 is 12.0 Å². The van der Waals surface area contributed by atoms with E-state index in [0.29, 0.717) is 5.03 Å². The zero-order chi connectivity index (χ0) is 23.6. The zero-order valence-electron chi connectivity index (χ0n) is 16.8. The fourth-order valence-electron chi connectivity index (χ4n) is 2.94. The Bertz CT molecular complexity index is 988. The second-order valence-corrected chi connectivity index (χ2v) is 7.56. The number of rotatable bonds is 8. The van der Waals surface area contributed by atoms with E-state index < -0.39 is 55.4 Å². The third-order valence-electron chi connectivity index (χ3n) is 4.52. The van der Waals surface area contributed by atoms with Crippen LogP contribution in [0.1, 0.15) is 6.92 Å². The number of hydrogen-bond donors (Lipinski definition) is 7. The molecular weight excluding hydrogens is 452 g/mol. The van der Waals surface area contributed by atoms with Crippen LogP contribution in [0.4, 0.5) is 10.7 Å². The standard InChI is InChI=1S/C16H22N6O9S/c1-5(24)7(13(26)27)18-16(29)21-15-19-11-8(12(20-15)32-2)22(4-17-11)31-10-6(3-23)30-14(28)9(10)25/h4-7,9-10,14,23-25,28H,3H2,1-2H3,(H,26,27)(H2,18,19,20,21,29)/t5?,6-,7?,9-,10-,14-/m1/s1. The van der Waals surface area contributed by atoms with Gasteiger partial charge in [-0.1, -0.05) is 0 Å². The monoisotopic (exact) mass is 474 g/mol. The van der Waals surface area contributed by atoms with E-state index in [2.05, 4.69) is 25.6 Å². The highest BCUT2D eigenvalue weighted by atomic mass is 32.2. The summed E-state index contributed by atoms with van der Waals surface area (Å²) >= 11 is 1.16. The highest BCUT2D eigenvalue weighted by Gasteiger charge is 2.45. The van der Waals surface area contributed by atoms with E-state index in [9.17, 15) is 30.0 Å². The average Bonchev–Trinajstić information content (AvgIpc) is 3.26. The molecule has 176 valence electrons. The number of anilines is 1. The lowest BCUT2D eigenvalue weighted by Crippen LogP contribution is -2.49. The van der Waals surface area contributed by atoms with Crippen molar-refractivity contribution in [3.63, 3.8) is 0 Å². The molecule has 0 radical (unpaired) electrons. The number of aliphatic carboxylic acids is 1. The molecule has 16 heteroatoms. The zero-order valence-corrected chi connectivity index (χ0v) is 17.6. The van der Waals surface area contributed by atoms with E-state index in [1.165, 1.54) is 13.3 Å². The maximum Gasteiger partial charge on any atom is 0.328 e. The van der Waals surface area contributed by atoms with Gasteiger partial charge in [0.25, 0.3) is 0 Å². The Kier molecular flexibility index (Phi) is 7.32. The number of fused-ring (bicyclic) bond motifs is 1. The lowest BCUT2D eigenvalue weighted by molar-refractivity contribution is -0.141. The molecular formula is C16H22N6O9S. The molecule has 1 fully saturated rings. The number of urea groups is 1. The predicted molar refractivity (Wildman–Crippen MR) is 107 cm³/mol. The first-order valence-electron chi connectivity index (χ1n) is 9.23. The normalized spacial score (nSPS) is 24.8. The van der Waals surface area contributed by atoms with Crippen LogP contribution in [0.5, 0.6) is 0 Å². The smallest absolute Gasteiger partial charge is 0.328 e. The second kappa shape index (κ2) is 9.80. The van der Waals surface area contributed by atoms with Gasteiger partial charge < -0.3 is 40.4 Å². The molecule has 3 rings (SSSR count). The number of carboxylic acids is 1. The van der Waals surface area contributed by atoms with Gasteiger partial charge in [0.1, 0.15) is 23.6 Å². The molecule has 6 atom stereocenters. The summed E-state index contributed by atoms with van der Waals surface area (Å²) < 4.78 is 6.18. The maximum absolute atomic E-state index is 12.1. The Labute approximate surface area is 184 Å². The molecule has 2 unspecified atom stereocenters. The minimum absolute atomic E-state index is 0.0967. The number of amides is 2. The first-order chi connectivity index (χ1) is 15.2. The lowest BCUT2D eigenvalue weighted by Gasteiger charge is -2.20. The molecule has 0 aliphatic carbocycles. The lowest BCUT2D eigenvalue weighted by atomic mass is 10.1. The van der Waals surface area contributed by atoms with Gasteiger partial charge in [-0.05, 0) is 13.2 Å². The summed E-state index contributed by atoms with van der Waals surface area (Å²) in [6.07, 6.45) is -3.49. The predicted octanol–water partition coefficient (Wildman–Crippen LogP) is -2.63. The molecule has 0 aromatic carbocycles. The van der Waals surface area contributed by atoms with E-state index in [1.807, 2.05) is 0 Å². The number of imidazole rings is 1. The van der Waals surface area contributed by atoms with Crippen molar-refractivity contribution in [3.05, 3.63) is 6.33 Å². The molecule has 2 amide bonds. The number of aromatic nitrogens is 4. The van der Waals surface area contributed by atoms with Crippen molar-refractivity contribution in [2.45, 2.75) is 48.7 Å². The van der Waals surface area contributed by atoms with Crippen LogP contribution in [0.15, 0.2) is 11.4 Å². The fraction of sp³-hybridized carbons (Fsp3) is 0.562. The van der Waals surface area contributed by atoms with Crippen LogP contribution in [0, 0.1) is 0 Å². The topological polar surface area (TPSA) is 221 Å². The second-order valence-electron chi connectivity index (χ2n) is 6.76. The van der Waals surface area contributed by atoms with Crippen LogP contribution in [0.3, 0.4) is 0 Å². The van der Waals surface area contributed by atoms with E-state index in [0.717, 1.165) is 16.5 Å². The molecule has 1 aliphatic heterocycles. The van der Waals surface area contributed by atoms with Gasteiger partial charge in [-0.3, -0.25) is 5.32 Å². The Balaban J connectivity index is 1.83. The van der Waals surface area contributed by atoms with Gasteiger partial charge in [0.15, 0.2) is 29.6 Å². The first kappa shape index (κ1) is 23.9. The Hall–Kier alpha value is -2.76. The van der Waals surface area contributed by atoms with Crippen LogP contribution >= 0.6 is 11.8 Å². The van der Waals surface area contributed by atoms with Crippen molar-refractivity contribution in [2.24, 2.45) is 0 Å². The van der Waals surface area contributed by atoms with Crippen molar-refractivity contribution >= 4 is 40.9 Å². The maximum atomic E-state index is 12.1. The van der Waals surface area contributed by atoms with E-state index >= 15 is 0 Å². The quantitative estimate of drug-likeness (QED) is 0.154. The highest BCUT2D eigenvalue weighted by Crippen LogP contribution is 2.26. The molecule has 32 heavy (non-hydrogen) atoms. The van der Waals surface area contributed by atoms with Gasteiger partial charge in [-0.25, -0.2) is 19.6 Å². The van der Waals surface area contributed by atoms with Crippen molar-refractivity contribution in [1.82, 2.24) is 25.0 Å². The van der Waals surface area contributed by atoms with Crippen LogP contribution in [0.2, 0.25) is 0 Å². The minimum Gasteiger partial charge on any atom is -0.480 e. The summed E-state index contributed by atoms with van der Waals surface area (Å²) in [7, 11) is 0. The van der Waals surface area contributed by atoms with E-state index in [1.54, 1.807) is 6.26 Å². The number of nitrogens with zero attached hydrogens (tertiary/aromatic N) is 4. The molecule has 15 nitrogen and oxygen atoms in total. The number of carbonyl (C=O) groups excluding carboxylic acids is 1. The third-order valence-corrected chi connectivity index (χ3v) is 5.19. The highest BCUT2D eigenvalue weighted by molar-refractivity contribution is 7.98. The summed E-state index contributed by atoms with van der Waals surface area (Å²) in [5, 5.41) is 52.3. The number of aliphatic hydroxyl groups excluding tert-OH is 4. The molecule has 1 aliphatic rings. The van der Waals surface area contributed by atoms with E-state index in [4.69, 9.17) is 14.7 Å². The van der Waals surface area contributed by atoms with Crippen molar-refractivity contribution < 1.29 is 44.7 Å². The molecule has 0 saturated carbocycles. The molecule has 1 saturated heterocycles. The summed E-state index contributed by atoms with van der Waals surface area (Å²) in [6, 6.07) is -2.49. The van der Waals surface area contributed by atoms with Crippen LogP contribution in [-0.2, 0) is 9.53 Å². The fourth-order valence-corrected chi connectivity index (χ4v) is 3.50. The number of thioether (sulfide) groups is 1. The van der Waals surface area contributed by atoms with Crippen molar-refractivity contribution in [3.8, 4) is 0 Å². The van der Waals surface area contributed by atoms with Gasteiger partial charge in [0.2, 0.25) is 5.95 Å². The molecule has 2 aromatic rings. The number of aliphatic hydroxyl groups is 4. The first-order valence-corrected chi connectivity index (χ1v) is 10.5. The summed E-state index contributed by atoms with van der Waals surface area (Å²) in [5.41, 5.74) is 0.376. The summed E-state index contributed by atoms with van der Waals surface area (Å²) in [4.78, 5) is 41.2. The van der Waals surface area contributed by atoms with Gasteiger partial charge in [-0.15, -0.1) is 11.8 Å². The number of ether oxygens (including phenoxy) is 1. The molecule has 0 bridgehead atoms. The largest absolute Gasteiger partial charge is 0.480 e. The molecule has 7 N–H and O–H groups in total. The number of carboxylic acid groups (broad SMARTS) is 1. The van der Waals surface area contributed by atoms with Crippen molar-refractivity contribution in [1.29, 1.82) is 0 Å². The van der Waals surface area contributed by atoms with Crippen LogP contribution in [-0.4, -0.2) is 107 Å². The molecule has 0 spiro atoms. The molecule has 2 aromatic heterocycles. The third kappa shape index (κ3) is 4.84. The Morgan fingerprint density at radius 1 is 1.38 bits per heavy atom. The average molecular weight is 474 g/mol. The number of nitrogens with one attached hydrogen (secondary N) is 2. The van der Waals surface area contributed by atoms with Crippen LogP contribution < -0.4 is 15.5 Å². The summed E-state index contributed by atoms with van der Waals surface area (Å²) in [5.74, 6) is -1.61. The van der Waals surface area contributed by atoms with E-state index in [-0.39, 0.29) is 17.1 Å². The molecule has 3 heterocycles. The number of hydrogen-bond acceptors (Lipinski definition) is 12. The minimum atomic E-state index is -1.54.